The molecule has 0 bridgehead atoms. The van der Waals surface area contributed by atoms with Crippen LogP contribution in [0.1, 0.15) is 44.1 Å². The van der Waals surface area contributed by atoms with Gasteiger partial charge in [-0.1, -0.05) is 12.1 Å². The summed E-state index contributed by atoms with van der Waals surface area (Å²) in [6.07, 6.45) is 7.49. The number of aliphatic hydroxyl groups excluding tert-OH is 1. The summed E-state index contributed by atoms with van der Waals surface area (Å²) < 4.78 is 12.4. The van der Waals surface area contributed by atoms with Crippen molar-refractivity contribution in [3.63, 3.8) is 0 Å². The molecule has 1 fully saturated rings. The first-order valence-corrected chi connectivity index (χ1v) is 8.13. The molecular formula is C15H22O2S. The smallest absolute Gasteiger partial charge is 0.153 e. The zero-order valence-corrected chi connectivity index (χ0v) is 11.6. The van der Waals surface area contributed by atoms with Gasteiger partial charge in [0.25, 0.3) is 0 Å². The van der Waals surface area contributed by atoms with E-state index in [9.17, 15) is 4.55 Å². The average Bonchev–Trinajstić information content (AvgIpc) is 2.92. The van der Waals surface area contributed by atoms with Crippen LogP contribution >= 0.6 is 0 Å². The lowest BCUT2D eigenvalue weighted by Crippen LogP contribution is -2.17. The van der Waals surface area contributed by atoms with Crippen LogP contribution in [-0.4, -0.2) is 21.5 Å². The van der Waals surface area contributed by atoms with Crippen LogP contribution in [0.5, 0.6) is 0 Å². The van der Waals surface area contributed by atoms with Gasteiger partial charge >= 0.3 is 0 Å². The van der Waals surface area contributed by atoms with Gasteiger partial charge in [-0.15, -0.1) is 0 Å². The van der Waals surface area contributed by atoms with E-state index in [2.05, 4.69) is 12.1 Å². The minimum atomic E-state index is -0.826. The lowest BCUT2D eigenvalue weighted by atomic mass is 10.1. The second-order valence-corrected chi connectivity index (χ2v) is 6.76. The Bertz CT molecular complexity index is 361. The summed E-state index contributed by atoms with van der Waals surface area (Å²) in [5.41, 5.74) is 1.24. The maximum atomic E-state index is 12.4. The van der Waals surface area contributed by atoms with E-state index in [4.69, 9.17) is 5.11 Å². The fourth-order valence-corrected chi connectivity index (χ4v) is 4.19. The van der Waals surface area contributed by atoms with Crippen molar-refractivity contribution in [2.75, 3.05) is 6.61 Å². The van der Waals surface area contributed by atoms with Crippen molar-refractivity contribution < 1.29 is 9.66 Å². The molecule has 1 N–H and O–H groups in total. The fourth-order valence-electron chi connectivity index (χ4n) is 2.56. The summed E-state index contributed by atoms with van der Waals surface area (Å²) in [5, 5.41) is 9.15. The Balaban J connectivity index is 1.97. The highest BCUT2D eigenvalue weighted by molar-refractivity contribution is 7.92. The maximum Gasteiger partial charge on any atom is 0.153 e. The summed E-state index contributed by atoms with van der Waals surface area (Å²) in [6, 6.07) is 8.18. The molecule has 0 heterocycles. The second-order valence-electron chi connectivity index (χ2n) is 5.03. The van der Waals surface area contributed by atoms with E-state index >= 15 is 0 Å². The molecule has 1 aromatic carbocycles. The van der Waals surface area contributed by atoms with Gasteiger partial charge in [0.15, 0.2) is 4.90 Å². The van der Waals surface area contributed by atoms with E-state index in [0.29, 0.717) is 5.25 Å². The molecule has 0 aromatic heterocycles. The molecule has 2 nitrogen and oxygen atoms in total. The minimum Gasteiger partial charge on any atom is -0.611 e. The molecule has 1 aromatic rings. The van der Waals surface area contributed by atoms with Gasteiger partial charge in [-0.25, -0.2) is 0 Å². The van der Waals surface area contributed by atoms with Crippen LogP contribution in [0.25, 0.3) is 0 Å². The number of hydrogen-bond donors (Lipinski definition) is 1. The number of aliphatic hydroxyl groups is 1. The molecule has 3 heteroatoms. The third kappa shape index (κ3) is 3.74. The van der Waals surface area contributed by atoms with Crippen LogP contribution in [0.4, 0.5) is 0 Å². The van der Waals surface area contributed by atoms with E-state index in [-0.39, 0.29) is 6.61 Å². The lowest BCUT2D eigenvalue weighted by Gasteiger charge is -2.17. The van der Waals surface area contributed by atoms with Crippen molar-refractivity contribution in [1.82, 2.24) is 0 Å². The molecular weight excluding hydrogens is 244 g/mol. The van der Waals surface area contributed by atoms with E-state index in [0.717, 1.165) is 37.0 Å². The van der Waals surface area contributed by atoms with Gasteiger partial charge in [-0.3, -0.25) is 0 Å². The van der Waals surface area contributed by atoms with Gasteiger partial charge in [0.05, 0.1) is 0 Å². The largest absolute Gasteiger partial charge is 0.611 e. The Morgan fingerprint density at radius 1 is 1.22 bits per heavy atom. The molecule has 1 unspecified atom stereocenters. The lowest BCUT2D eigenvalue weighted by molar-refractivity contribution is 0.284. The first kappa shape index (κ1) is 13.9. The summed E-state index contributed by atoms with van der Waals surface area (Å²) >= 11 is -0.826. The summed E-state index contributed by atoms with van der Waals surface area (Å²) in [5.74, 6) is 0. The number of hydrogen-bond acceptors (Lipinski definition) is 2. The number of unbranched alkanes of at least 4 members (excludes halogenated alkanes) is 1. The Hall–Kier alpha value is -0.510. The number of rotatable bonds is 6. The van der Waals surface area contributed by atoms with E-state index in [1.54, 1.807) is 0 Å². The predicted molar refractivity (Wildman–Crippen MR) is 75.1 cm³/mol. The standard InChI is InChI=1S/C15H22O2S/c16-11-4-3-6-13-7-5-10-15(12-13)18(17)14-8-1-2-9-14/h5,7,10,12,14,16H,1-4,6,8-9,11H2. The average molecular weight is 266 g/mol. The first-order valence-electron chi connectivity index (χ1n) is 6.91. The summed E-state index contributed by atoms with van der Waals surface area (Å²) in [6.45, 7) is 0.258. The summed E-state index contributed by atoms with van der Waals surface area (Å²) in [7, 11) is 0. The van der Waals surface area contributed by atoms with Gasteiger partial charge in [0.1, 0.15) is 5.25 Å². The molecule has 0 radical (unpaired) electrons. The van der Waals surface area contributed by atoms with Gasteiger partial charge in [-0.05, 0) is 73.8 Å². The molecule has 0 amide bonds. The quantitative estimate of drug-likeness (QED) is 0.635. The second kappa shape index (κ2) is 7.17. The van der Waals surface area contributed by atoms with E-state index in [1.165, 1.54) is 18.4 Å². The van der Waals surface area contributed by atoms with Crippen molar-refractivity contribution in [3.05, 3.63) is 29.8 Å². The van der Waals surface area contributed by atoms with Crippen molar-refractivity contribution in [2.45, 2.75) is 55.1 Å². The van der Waals surface area contributed by atoms with Crippen molar-refractivity contribution in [2.24, 2.45) is 0 Å². The van der Waals surface area contributed by atoms with Gasteiger partial charge < -0.3 is 9.66 Å². The maximum absolute atomic E-state index is 12.4. The first-order chi connectivity index (χ1) is 8.81. The summed E-state index contributed by atoms with van der Waals surface area (Å²) in [4.78, 5) is 0.989. The molecule has 2 rings (SSSR count). The molecule has 0 saturated heterocycles. The van der Waals surface area contributed by atoms with Crippen molar-refractivity contribution in [1.29, 1.82) is 0 Å². The van der Waals surface area contributed by atoms with Gasteiger partial charge in [0, 0.05) is 6.61 Å². The van der Waals surface area contributed by atoms with Crippen molar-refractivity contribution in [3.8, 4) is 0 Å². The minimum absolute atomic E-state index is 0.258. The Morgan fingerprint density at radius 3 is 2.72 bits per heavy atom. The highest BCUT2D eigenvalue weighted by atomic mass is 32.2. The fraction of sp³-hybridized carbons (Fsp3) is 0.600. The van der Waals surface area contributed by atoms with E-state index < -0.39 is 11.2 Å². The van der Waals surface area contributed by atoms with Crippen LogP contribution in [0.15, 0.2) is 29.2 Å². The van der Waals surface area contributed by atoms with Crippen LogP contribution in [0.3, 0.4) is 0 Å². The zero-order valence-electron chi connectivity index (χ0n) is 10.8. The highest BCUT2D eigenvalue weighted by Gasteiger charge is 2.28. The molecule has 1 aliphatic rings. The third-order valence-corrected chi connectivity index (χ3v) is 5.40. The van der Waals surface area contributed by atoms with Gasteiger partial charge in [0.2, 0.25) is 0 Å². The van der Waals surface area contributed by atoms with Gasteiger partial charge in [-0.2, -0.15) is 0 Å². The van der Waals surface area contributed by atoms with Crippen LogP contribution < -0.4 is 0 Å². The molecule has 1 atom stereocenters. The Morgan fingerprint density at radius 2 is 2.00 bits per heavy atom. The Labute approximate surface area is 113 Å². The molecule has 1 aliphatic carbocycles. The SMILES string of the molecule is [O-][S+](c1cccc(CCCCO)c1)C1CCCC1. The predicted octanol–water partition coefficient (Wildman–Crippen LogP) is 3.05. The normalized spacial score (nSPS) is 18.1. The van der Waals surface area contributed by atoms with Crippen LogP contribution in [0, 0.1) is 0 Å². The van der Waals surface area contributed by atoms with Crippen LogP contribution in [-0.2, 0) is 17.6 Å². The van der Waals surface area contributed by atoms with E-state index in [1.807, 2.05) is 12.1 Å². The topological polar surface area (TPSA) is 43.3 Å². The zero-order chi connectivity index (χ0) is 12.8. The number of aryl methyl sites for hydroxylation is 1. The molecule has 0 aliphatic heterocycles. The molecule has 0 spiro atoms. The highest BCUT2D eigenvalue weighted by Crippen LogP contribution is 2.29. The molecule has 1 saturated carbocycles. The third-order valence-electron chi connectivity index (χ3n) is 3.61. The van der Waals surface area contributed by atoms with Crippen molar-refractivity contribution >= 4 is 11.2 Å². The molecule has 18 heavy (non-hydrogen) atoms. The number of benzene rings is 1. The monoisotopic (exact) mass is 266 g/mol. The molecule has 100 valence electrons. The van der Waals surface area contributed by atoms with Crippen LogP contribution in [0.2, 0.25) is 0 Å². The Kier molecular flexibility index (Phi) is 5.54.